The summed E-state index contributed by atoms with van der Waals surface area (Å²) in [5, 5.41) is 2.98. The first-order valence-electron chi connectivity index (χ1n) is 8.69. The lowest BCUT2D eigenvalue weighted by molar-refractivity contribution is -0.159. The second-order valence-corrected chi connectivity index (χ2v) is 6.67. The molecule has 3 atom stereocenters. The summed E-state index contributed by atoms with van der Waals surface area (Å²) in [6, 6.07) is -2.65. The van der Waals surface area contributed by atoms with Gasteiger partial charge in [-0.3, -0.25) is 24.6 Å². The Bertz CT molecular complexity index is 657. The van der Waals surface area contributed by atoms with Gasteiger partial charge in [-0.05, 0) is 19.8 Å². The second kappa shape index (κ2) is 8.57. The predicted molar refractivity (Wildman–Crippen MR) is 85.3 cm³/mol. The highest BCUT2D eigenvalue weighted by Crippen LogP contribution is 2.38. The molecule has 0 radical (unpaired) electrons. The Hall–Kier alpha value is -2.66. The van der Waals surface area contributed by atoms with Crippen molar-refractivity contribution in [2.45, 2.75) is 44.8 Å². The standard InChI is InChI=1S/C16H20F3N3O6/c1-8(22-12(24)9-4-2-3-5-10(9)13(22)25)14(26)28-6-11(23)21-15(27)20-7-16(17,18)19/h8-10H,2-7H2,1H3,(H2,20,21,23,27)/t8-,9-,10-/m0/s1. The van der Waals surface area contributed by atoms with Crippen LogP contribution in [0.5, 0.6) is 0 Å². The number of ether oxygens (including phenoxy) is 1. The summed E-state index contributed by atoms with van der Waals surface area (Å²) in [6.45, 7) is -1.31. The van der Waals surface area contributed by atoms with Crippen molar-refractivity contribution in [1.82, 2.24) is 15.5 Å². The fourth-order valence-corrected chi connectivity index (χ4v) is 3.32. The molecule has 1 saturated heterocycles. The molecule has 0 aromatic heterocycles. The molecule has 12 heteroatoms. The first kappa shape index (κ1) is 21.6. The van der Waals surface area contributed by atoms with Crippen LogP contribution in [-0.4, -0.2) is 60.0 Å². The summed E-state index contributed by atoms with van der Waals surface area (Å²) in [5.41, 5.74) is 0. The van der Waals surface area contributed by atoms with Gasteiger partial charge in [-0.15, -0.1) is 0 Å². The molecule has 1 aliphatic heterocycles. The summed E-state index contributed by atoms with van der Waals surface area (Å²) in [7, 11) is 0. The van der Waals surface area contributed by atoms with Crippen molar-refractivity contribution in [2.24, 2.45) is 11.8 Å². The molecule has 2 N–H and O–H groups in total. The van der Waals surface area contributed by atoms with E-state index >= 15 is 0 Å². The minimum absolute atomic E-state index is 0.447. The minimum atomic E-state index is -4.64. The van der Waals surface area contributed by atoms with E-state index in [1.165, 1.54) is 12.2 Å². The molecule has 2 aliphatic rings. The number of fused-ring (bicyclic) bond motifs is 1. The molecule has 5 amide bonds. The second-order valence-electron chi connectivity index (χ2n) is 6.67. The predicted octanol–water partition coefficient (Wildman–Crippen LogP) is 0.481. The Balaban J connectivity index is 1.82. The van der Waals surface area contributed by atoms with Gasteiger partial charge in [0, 0.05) is 0 Å². The van der Waals surface area contributed by atoms with Crippen LogP contribution < -0.4 is 10.6 Å². The molecule has 0 bridgehead atoms. The maximum absolute atomic E-state index is 12.4. The van der Waals surface area contributed by atoms with Gasteiger partial charge in [0.25, 0.3) is 5.91 Å². The van der Waals surface area contributed by atoms with Crippen molar-refractivity contribution in [3.8, 4) is 0 Å². The Labute approximate surface area is 157 Å². The van der Waals surface area contributed by atoms with E-state index in [9.17, 15) is 37.1 Å². The van der Waals surface area contributed by atoms with Gasteiger partial charge in [-0.25, -0.2) is 9.59 Å². The number of esters is 1. The molecular weight excluding hydrogens is 387 g/mol. The molecule has 0 aromatic carbocycles. The third kappa shape index (κ3) is 5.20. The van der Waals surface area contributed by atoms with Gasteiger partial charge >= 0.3 is 18.2 Å². The number of carbonyl (C=O) groups is 5. The molecule has 0 spiro atoms. The van der Waals surface area contributed by atoms with Gasteiger partial charge in [0.2, 0.25) is 11.8 Å². The number of hydrogen-bond donors (Lipinski definition) is 2. The Kier molecular flexibility index (Phi) is 6.62. The number of nitrogens with one attached hydrogen (secondary N) is 2. The molecular formula is C16H20F3N3O6. The van der Waals surface area contributed by atoms with Crippen LogP contribution in [0.2, 0.25) is 0 Å². The van der Waals surface area contributed by atoms with E-state index in [2.05, 4.69) is 4.74 Å². The zero-order chi connectivity index (χ0) is 21.1. The Morgan fingerprint density at radius 2 is 1.68 bits per heavy atom. The molecule has 0 aromatic rings. The number of nitrogens with zero attached hydrogens (tertiary/aromatic N) is 1. The number of hydrogen-bond acceptors (Lipinski definition) is 6. The maximum atomic E-state index is 12.4. The summed E-state index contributed by atoms with van der Waals surface area (Å²) in [4.78, 5) is 60.4. The van der Waals surface area contributed by atoms with Gasteiger partial charge in [0.15, 0.2) is 6.61 Å². The van der Waals surface area contributed by atoms with Crippen LogP contribution in [0.15, 0.2) is 0 Å². The normalized spacial score (nSPS) is 23.1. The summed E-state index contributed by atoms with van der Waals surface area (Å²) in [6.07, 6.45) is -1.85. The van der Waals surface area contributed by atoms with E-state index in [1.54, 1.807) is 5.32 Å². The van der Waals surface area contributed by atoms with Crippen molar-refractivity contribution in [2.75, 3.05) is 13.2 Å². The van der Waals surface area contributed by atoms with Crippen LogP contribution >= 0.6 is 0 Å². The first-order valence-corrected chi connectivity index (χ1v) is 8.69. The SMILES string of the molecule is C[C@@H](C(=O)OCC(=O)NC(=O)NCC(F)(F)F)N1C(=O)[C@H]2CCCC[C@@H]2C1=O. The fourth-order valence-electron chi connectivity index (χ4n) is 3.32. The van der Waals surface area contributed by atoms with Crippen molar-refractivity contribution in [3.63, 3.8) is 0 Å². The molecule has 1 saturated carbocycles. The van der Waals surface area contributed by atoms with Crippen molar-refractivity contribution >= 4 is 29.7 Å². The number of carbonyl (C=O) groups excluding carboxylic acids is 5. The monoisotopic (exact) mass is 407 g/mol. The molecule has 2 fully saturated rings. The molecule has 28 heavy (non-hydrogen) atoms. The van der Waals surface area contributed by atoms with Crippen LogP contribution in [0.1, 0.15) is 32.6 Å². The van der Waals surface area contributed by atoms with Crippen LogP contribution in [0.25, 0.3) is 0 Å². The lowest BCUT2D eigenvalue weighted by Crippen LogP contribution is -2.47. The summed E-state index contributed by atoms with van der Waals surface area (Å²) >= 11 is 0. The first-order chi connectivity index (χ1) is 13.0. The third-order valence-corrected chi connectivity index (χ3v) is 4.65. The van der Waals surface area contributed by atoms with Gasteiger partial charge in [-0.2, -0.15) is 13.2 Å². The summed E-state index contributed by atoms with van der Waals surface area (Å²) in [5.74, 6) is -3.99. The summed E-state index contributed by atoms with van der Waals surface area (Å²) < 4.78 is 40.6. The fraction of sp³-hybridized carbons (Fsp3) is 0.688. The maximum Gasteiger partial charge on any atom is 0.405 e. The van der Waals surface area contributed by atoms with Crippen molar-refractivity contribution < 1.29 is 41.9 Å². The van der Waals surface area contributed by atoms with Crippen LogP contribution in [0.3, 0.4) is 0 Å². The lowest BCUT2D eigenvalue weighted by Gasteiger charge is -2.21. The van der Waals surface area contributed by atoms with Gasteiger partial charge in [0.1, 0.15) is 12.6 Å². The van der Waals surface area contributed by atoms with Crippen molar-refractivity contribution in [1.29, 1.82) is 0 Å². The molecule has 9 nitrogen and oxygen atoms in total. The molecule has 0 unspecified atom stereocenters. The number of alkyl halides is 3. The van der Waals surface area contributed by atoms with Crippen LogP contribution in [0, 0.1) is 11.8 Å². The topological polar surface area (TPSA) is 122 Å². The van der Waals surface area contributed by atoms with E-state index in [4.69, 9.17) is 0 Å². The molecule has 1 aliphatic carbocycles. The van der Waals surface area contributed by atoms with Crippen LogP contribution in [0.4, 0.5) is 18.0 Å². The number of halogens is 3. The number of imide groups is 2. The zero-order valence-electron chi connectivity index (χ0n) is 15.0. The van der Waals surface area contributed by atoms with Gasteiger partial charge < -0.3 is 10.1 Å². The average molecular weight is 407 g/mol. The van der Waals surface area contributed by atoms with E-state index in [0.717, 1.165) is 17.7 Å². The smallest absolute Gasteiger partial charge is 0.405 e. The van der Waals surface area contributed by atoms with E-state index < -0.39 is 66.9 Å². The number of urea groups is 1. The number of rotatable bonds is 5. The van der Waals surface area contributed by atoms with E-state index in [1.807, 2.05) is 0 Å². The van der Waals surface area contributed by atoms with Crippen LogP contribution in [-0.2, 0) is 23.9 Å². The lowest BCUT2D eigenvalue weighted by atomic mass is 9.81. The highest BCUT2D eigenvalue weighted by atomic mass is 19.4. The molecule has 1 heterocycles. The quantitative estimate of drug-likeness (QED) is 0.505. The third-order valence-electron chi connectivity index (χ3n) is 4.65. The zero-order valence-corrected chi connectivity index (χ0v) is 15.0. The Morgan fingerprint density at radius 1 is 1.14 bits per heavy atom. The van der Waals surface area contributed by atoms with Crippen molar-refractivity contribution in [3.05, 3.63) is 0 Å². The Morgan fingerprint density at radius 3 is 2.18 bits per heavy atom. The molecule has 2 rings (SSSR count). The largest absolute Gasteiger partial charge is 0.454 e. The number of amides is 5. The number of likely N-dealkylation sites (tertiary alicyclic amines) is 1. The highest BCUT2D eigenvalue weighted by Gasteiger charge is 2.51. The van der Waals surface area contributed by atoms with Gasteiger partial charge in [-0.1, -0.05) is 12.8 Å². The van der Waals surface area contributed by atoms with E-state index in [-0.39, 0.29) is 0 Å². The molecule has 156 valence electrons. The average Bonchev–Trinajstić information content (AvgIpc) is 2.88. The van der Waals surface area contributed by atoms with Gasteiger partial charge in [0.05, 0.1) is 11.8 Å². The minimum Gasteiger partial charge on any atom is -0.454 e. The van der Waals surface area contributed by atoms with E-state index in [0.29, 0.717) is 12.8 Å². The highest BCUT2D eigenvalue weighted by molar-refractivity contribution is 6.08.